The van der Waals surface area contributed by atoms with Gasteiger partial charge in [-0.15, -0.1) is 10.2 Å². The summed E-state index contributed by atoms with van der Waals surface area (Å²) in [5.41, 5.74) is 0.743. The van der Waals surface area contributed by atoms with Crippen LogP contribution in [0.3, 0.4) is 0 Å². The normalized spacial score (nSPS) is 11.2. The molecule has 102 valence electrons. The second-order valence-electron chi connectivity index (χ2n) is 4.63. The van der Waals surface area contributed by atoms with Gasteiger partial charge in [-0.05, 0) is 34.5 Å². The van der Waals surface area contributed by atoms with Crippen LogP contribution in [0.4, 0.5) is 4.39 Å². The SMILES string of the molecule is CC(C)CNCc1nnc(-c2cccc(F)c2Br)s1. The average Bonchev–Trinajstić information content (AvgIpc) is 2.81. The van der Waals surface area contributed by atoms with E-state index in [1.807, 2.05) is 6.07 Å². The quantitative estimate of drug-likeness (QED) is 0.895. The monoisotopic (exact) mass is 343 g/mol. The van der Waals surface area contributed by atoms with E-state index in [0.29, 0.717) is 16.9 Å². The van der Waals surface area contributed by atoms with Gasteiger partial charge in [0.15, 0.2) is 0 Å². The molecule has 1 heterocycles. The van der Waals surface area contributed by atoms with E-state index in [-0.39, 0.29) is 5.82 Å². The molecule has 0 aliphatic carbocycles. The molecular weight excluding hydrogens is 329 g/mol. The Balaban J connectivity index is 2.10. The van der Waals surface area contributed by atoms with E-state index in [1.165, 1.54) is 17.4 Å². The lowest BCUT2D eigenvalue weighted by Crippen LogP contribution is -2.18. The van der Waals surface area contributed by atoms with Crippen molar-refractivity contribution in [1.29, 1.82) is 0 Å². The summed E-state index contributed by atoms with van der Waals surface area (Å²) >= 11 is 4.73. The van der Waals surface area contributed by atoms with Gasteiger partial charge in [-0.3, -0.25) is 0 Å². The molecule has 0 saturated heterocycles. The van der Waals surface area contributed by atoms with Crippen LogP contribution in [-0.2, 0) is 6.54 Å². The van der Waals surface area contributed by atoms with Crippen LogP contribution >= 0.6 is 27.3 Å². The van der Waals surface area contributed by atoms with Crippen molar-refractivity contribution in [3.05, 3.63) is 33.5 Å². The van der Waals surface area contributed by atoms with Crippen LogP contribution in [0.25, 0.3) is 10.6 Å². The molecule has 0 bridgehead atoms. The Hall–Kier alpha value is -0.850. The molecule has 0 saturated carbocycles. The van der Waals surface area contributed by atoms with Crippen LogP contribution in [0.1, 0.15) is 18.9 Å². The molecule has 1 aromatic carbocycles. The van der Waals surface area contributed by atoms with Gasteiger partial charge in [-0.1, -0.05) is 37.3 Å². The number of rotatable bonds is 5. The van der Waals surface area contributed by atoms with Crippen molar-refractivity contribution in [2.24, 2.45) is 5.92 Å². The van der Waals surface area contributed by atoms with E-state index in [2.05, 4.69) is 45.3 Å². The number of hydrogen-bond donors (Lipinski definition) is 1. The van der Waals surface area contributed by atoms with Crippen molar-refractivity contribution in [3.63, 3.8) is 0 Å². The van der Waals surface area contributed by atoms with E-state index in [9.17, 15) is 4.39 Å². The molecule has 6 heteroatoms. The highest BCUT2D eigenvalue weighted by Crippen LogP contribution is 2.32. The summed E-state index contributed by atoms with van der Waals surface area (Å²) in [6.45, 7) is 5.95. The van der Waals surface area contributed by atoms with Crippen molar-refractivity contribution in [2.75, 3.05) is 6.54 Å². The van der Waals surface area contributed by atoms with Gasteiger partial charge in [0.1, 0.15) is 15.8 Å². The maximum absolute atomic E-state index is 13.5. The Labute approximate surface area is 124 Å². The third-order valence-electron chi connectivity index (χ3n) is 2.48. The lowest BCUT2D eigenvalue weighted by molar-refractivity contribution is 0.550. The minimum Gasteiger partial charge on any atom is -0.310 e. The third kappa shape index (κ3) is 3.81. The van der Waals surface area contributed by atoms with E-state index >= 15 is 0 Å². The summed E-state index contributed by atoms with van der Waals surface area (Å²) in [5, 5.41) is 13.2. The van der Waals surface area contributed by atoms with Gasteiger partial charge in [-0.25, -0.2) is 4.39 Å². The Morgan fingerprint density at radius 3 is 2.89 bits per heavy atom. The van der Waals surface area contributed by atoms with Gasteiger partial charge >= 0.3 is 0 Å². The molecular formula is C13H15BrFN3S. The van der Waals surface area contributed by atoms with Gasteiger partial charge in [0.25, 0.3) is 0 Å². The average molecular weight is 344 g/mol. The summed E-state index contributed by atoms with van der Waals surface area (Å²) < 4.78 is 13.9. The van der Waals surface area contributed by atoms with Crippen LogP contribution < -0.4 is 5.32 Å². The molecule has 0 atom stereocenters. The molecule has 0 aliphatic rings. The lowest BCUT2D eigenvalue weighted by atomic mass is 10.2. The van der Waals surface area contributed by atoms with E-state index in [0.717, 1.165) is 22.1 Å². The summed E-state index contributed by atoms with van der Waals surface area (Å²) in [6.07, 6.45) is 0. The summed E-state index contributed by atoms with van der Waals surface area (Å²) in [7, 11) is 0. The van der Waals surface area contributed by atoms with Gasteiger partial charge in [0.2, 0.25) is 0 Å². The first kappa shape index (κ1) is 14.6. The van der Waals surface area contributed by atoms with Crippen LogP contribution in [0.5, 0.6) is 0 Å². The maximum Gasteiger partial charge on any atom is 0.149 e. The predicted molar refractivity (Wildman–Crippen MR) is 79.5 cm³/mol. The highest BCUT2D eigenvalue weighted by Gasteiger charge is 2.12. The molecule has 0 spiro atoms. The number of benzene rings is 1. The molecule has 0 amide bonds. The smallest absolute Gasteiger partial charge is 0.149 e. The van der Waals surface area contributed by atoms with Crippen molar-refractivity contribution in [3.8, 4) is 10.6 Å². The van der Waals surface area contributed by atoms with E-state index < -0.39 is 0 Å². The first-order valence-electron chi connectivity index (χ1n) is 6.05. The summed E-state index contributed by atoms with van der Waals surface area (Å²) in [5.74, 6) is 0.317. The zero-order valence-electron chi connectivity index (χ0n) is 10.8. The number of halogens is 2. The highest BCUT2D eigenvalue weighted by atomic mass is 79.9. The first-order chi connectivity index (χ1) is 9.08. The Morgan fingerprint density at radius 1 is 1.37 bits per heavy atom. The van der Waals surface area contributed by atoms with Crippen LogP contribution in [0.2, 0.25) is 0 Å². The number of nitrogens with one attached hydrogen (secondary N) is 1. The van der Waals surface area contributed by atoms with Crippen LogP contribution in [0, 0.1) is 11.7 Å². The molecule has 0 radical (unpaired) electrons. The number of hydrogen-bond acceptors (Lipinski definition) is 4. The molecule has 3 nitrogen and oxygen atoms in total. The van der Waals surface area contributed by atoms with Crippen LogP contribution in [-0.4, -0.2) is 16.7 Å². The van der Waals surface area contributed by atoms with Gasteiger partial charge in [0.05, 0.1) is 4.47 Å². The van der Waals surface area contributed by atoms with Crippen molar-refractivity contribution in [1.82, 2.24) is 15.5 Å². The van der Waals surface area contributed by atoms with E-state index in [4.69, 9.17) is 0 Å². The molecule has 2 aromatic rings. The van der Waals surface area contributed by atoms with E-state index in [1.54, 1.807) is 6.07 Å². The second kappa shape index (κ2) is 6.54. The topological polar surface area (TPSA) is 37.8 Å². The van der Waals surface area contributed by atoms with Crippen LogP contribution in [0.15, 0.2) is 22.7 Å². The third-order valence-corrected chi connectivity index (χ3v) is 4.24. The van der Waals surface area contributed by atoms with Gasteiger partial charge in [-0.2, -0.15) is 0 Å². The Bertz CT molecular complexity index is 557. The summed E-state index contributed by atoms with van der Waals surface area (Å²) in [4.78, 5) is 0. The molecule has 1 N–H and O–H groups in total. The first-order valence-corrected chi connectivity index (χ1v) is 7.66. The zero-order chi connectivity index (χ0) is 13.8. The predicted octanol–water partition coefficient (Wildman–Crippen LogP) is 3.85. The largest absolute Gasteiger partial charge is 0.310 e. The van der Waals surface area contributed by atoms with Crippen molar-refractivity contribution in [2.45, 2.75) is 20.4 Å². The summed E-state index contributed by atoms with van der Waals surface area (Å²) in [6, 6.07) is 4.92. The maximum atomic E-state index is 13.5. The molecule has 1 aromatic heterocycles. The fraction of sp³-hybridized carbons (Fsp3) is 0.385. The highest BCUT2D eigenvalue weighted by molar-refractivity contribution is 9.10. The fourth-order valence-corrected chi connectivity index (χ4v) is 2.99. The Morgan fingerprint density at radius 2 is 2.16 bits per heavy atom. The van der Waals surface area contributed by atoms with Gasteiger partial charge < -0.3 is 5.32 Å². The molecule has 0 aliphatic heterocycles. The molecule has 0 unspecified atom stereocenters. The van der Waals surface area contributed by atoms with Crippen molar-refractivity contribution >= 4 is 27.3 Å². The molecule has 19 heavy (non-hydrogen) atoms. The lowest BCUT2D eigenvalue weighted by Gasteiger charge is -2.04. The minimum atomic E-state index is -0.285. The Kier molecular flexibility index (Phi) is 5.01. The molecule has 0 fully saturated rings. The standard InChI is InChI=1S/C13H15BrFN3S/c1-8(2)6-16-7-11-17-18-13(19-11)9-4-3-5-10(15)12(9)14/h3-5,8,16H,6-7H2,1-2H3. The van der Waals surface area contributed by atoms with Gasteiger partial charge in [0, 0.05) is 12.1 Å². The minimum absolute atomic E-state index is 0.285. The fourth-order valence-electron chi connectivity index (χ4n) is 1.57. The van der Waals surface area contributed by atoms with Crippen molar-refractivity contribution < 1.29 is 4.39 Å². The number of nitrogens with zero attached hydrogens (tertiary/aromatic N) is 2. The molecule has 2 rings (SSSR count). The number of aromatic nitrogens is 2. The zero-order valence-corrected chi connectivity index (χ0v) is 13.2. The second-order valence-corrected chi connectivity index (χ2v) is 6.48.